The second-order valence-electron chi connectivity index (χ2n) is 3.99. The fraction of sp³-hybridized carbons (Fsp3) is 0.600. The summed E-state index contributed by atoms with van der Waals surface area (Å²) in [6.07, 6.45) is 3.78. The standard InChI is InChI=1S/C10H16N2O2/c11-7-1-3-8(4-2-7)12-9(13)5-6-10(12)14/h5-8,13-14H,1-4,11H2. The minimum atomic E-state index is 0.142. The van der Waals surface area contributed by atoms with E-state index in [2.05, 4.69) is 0 Å². The lowest BCUT2D eigenvalue weighted by molar-refractivity contribution is 0.269. The van der Waals surface area contributed by atoms with Gasteiger partial charge in [-0.1, -0.05) is 0 Å². The van der Waals surface area contributed by atoms with Gasteiger partial charge in [-0.3, -0.25) is 4.57 Å². The highest BCUT2D eigenvalue weighted by molar-refractivity contribution is 5.25. The summed E-state index contributed by atoms with van der Waals surface area (Å²) >= 11 is 0. The van der Waals surface area contributed by atoms with Crippen LogP contribution >= 0.6 is 0 Å². The van der Waals surface area contributed by atoms with E-state index in [1.165, 1.54) is 12.1 Å². The van der Waals surface area contributed by atoms with E-state index in [9.17, 15) is 10.2 Å². The molecule has 4 heteroatoms. The van der Waals surface area contributed by atoms with Crippen LogP contribution in [-0.2, 0) is 0 Å². The maximum Gasteiger partial charge on any atom is 0.194 e. The molecule has 1 aromatic rings. The zero-order valence-corrected chi connectivity index (χ0v) is 8.06. The van der Waals surface area contributed by atoms with Gasteiger partial charge in [0.15, 0.2) is 11.8 Å². The second kappa shape index (κ2) is 3.53. The van der Waals surface area contributed by atoms with Crippen molar-refractivity contribution >= 4 is 0 Å². The van der Waals surface area contributed by atoms with Crippen LogP contribution in [0.15, 0.2) is 12.1 Å². The Labute approximate surface area is 83.0 Å². The van der Waals surface area contributed by atoms with Crippen molar-refractivity contribution in [2.75, 3.05) is 0 Å². The van der Waals surface area contributed by atoms with E-state index in [-0.39, 0.29) is 23.8 Å². The van der Waals surface area contributed by atoms with Gasteiger partial charge in [0.05, 0.1) is 0 Å². The number of rotatable bonds is 1. The lowest BCUT2D eigenvalue weighted by Crippen LogP contribution is -2.27. The average Bonchev–Trinajstić information content (AvgIpc) is 2.49. The summed E-state index contributed by atoms with van der Waals surface area (Å²) in [5.41, 5.74) is 5.79. The van der Waals surface area contributed by atoms with Crippen molar-refractivity contribution in [2.45, 2.75) is 37.8 Å². The molecule has 2 rings (SSSR count). The third-order valence-corrected chi connectivity index (χ3v) is 2.98. The Kier molecular flexibility index (Phi) is 2.37. The van der Waals surface area contributed by atoms with Gasteiger partial charge in [0.2, 0.25) is 0 Å². The molecule has 0 saturated heterocycles. The molecule has 1 aliphatic carbocycles. The number of aromatic nitrogens is 1. The molecule has 0 atom stereocenters. The van der Waals surface area contributed by atoms with Gasteiger partial charge < -0.3 is 15.9 Å². The molecule has 4 nitrogen and oxygen atoms in total. The van der Waals surface area contributed by atoms with Crippen LogP contribution in [0.3, 0.4) is 0 Å². The van der Waals surface area contributed by atoms with E-state index < -0.39 is 0 Å². The van der Waals surface area contributed by atoms with E-state index in [1.807, 2.05) is 0 Å². The first kappa shape index (κ1) is 9.40. The smallest absolute Gasteiger partial charge is 0.194 e. The minimum absolute atomic E-state index is 0.142. The molecule has 1 fully saturated rings. The molecule has 0 aliphatic heterocycles. The second-order valence-corrected chi connectivity index (χ2v) is 3.99. The molecule has 1 saturated carbocycles. The van der Waals surface area contributed by atoms with Crippen molar-refractivity contribution in [3.8, 4) is 11.8 Å². The first-order valence-electron chi connectivity index (χ1n) is 5.03. The Morgan fingerprint density at radius 3 is 2.07 bits per heavy atom. The van der Waals surface area contributed by atoms with Crippen LogP contribution in [0, 0.1) is 0 Å². The average molecular weight is 196 g/mol. The molecule has 14 heavy (non-hydrogen) atoms. The van der Waals surface area contributed by atoms with Crippen LogP contribution < -0.4 is 5.73 Å². The summed E-state index contributed by atoms with van der Waals surface area (Å²) in [5, 5.41) is 19.0. The predicted molar refractivity (Wildman–Crippen MR) is 53.2 cm³/mol. The minimum Gasteiger partial charge on any atom is -0.494 e. The lowest BCUT2D eigenvalue weighted by atomic mass is 9.92. The van der Waals surface area contributed by atoms with Gasteiger partial charge in [-0.15, -0.1) is 0 Å². The molecule has 78 valence electrons. The zero-order valence-electron chi connectivity index (χ0n) is 8.06. The van der Waals surface area contributed by atoms with Gasteiger partial charge in [-0.05, 0) is 25.7 Å². The third kappa shape index (κ3) is 1.57. The number of hydrogen-bond acceptors (Lipinski definition) is 3. The molecule has 0 radical (unpaired) electrons. The molecule has 0 amide bonds. The van der Waals surface area contributed by atoms with Gasteiger partial charge in [-0.25, -0.2) is 0 Å². The van der Waals surface area contributed by atoms with Crippen molar-refractivity contribution in [1.29, 1.82) is 0 Å². The summed E-state index contributed by atoms with van der Waals surface area (Å²) < 4.78 is 1.59. The number of nitrogens with two attached hydrogens (primary N) is 1. The van der Waals surface area contributed by atoms with Gasteiger partial charge >= 0.3 is 0 Å². The largest absolute Gasteiger partial charge is 0.494 e. The first-order valence-corrected chi connectivity index (χ1v) is 5.03. The fourth-order valence-corrected chi connectivity index (χ4v) is 2.16. The highest BCUT2D eigenvalue weighted by atomic mass is 16.3. The van der Waals surface area contributed by atoms with Crippen LogP contribution in [0.5, 0.6) is 11.8 Å². The summed E-state index contributed by atoms with van der Waals surface area (Å²) in [6, 6.07) is 3.52. The highest BCUT2D eigenvalue weighted by Crippen LogP contribution is 2.35. The van der Waals surface area contributed by atoms with Crippen LogP contribution in [0.2, 0.25) is 0 Å². The summed E-state index contributed by atoms with van der Waals surface area (Å²) in [5.74, 6) is 0.283. The van der Waals surface area contributed by atoms with Crippen LogP contribution in [-0.4, -0.2) is 20.8 Å². The van der Waals surface area contributed by atoms with E-state index in [1.54, 1.807) is 4.57 Å². The van der Waals surface area contributed by atoms with E-state index in [0.29, 0.717) is 0 Å². The predicted octanol–water partition coefficient (Wildman–Crippen LogP) is 1.34. The highest BCUT2D eigenvalue weighted by Gasteiger charge is 2.23. The van der Waals surface area contributed by atoms with Gasteiger partial charge in [0.25, 0.3) is 0 Å². The van der Waals surface area contributed by atoms with Gasteiger partial charge in [-0.2, -0.15) is 0 Å². The molecular formula is C10H16N2O2. The molecule has 0 aromatic carbocycles. The Hall–Kier alpha value is -1.16. The normalized spacial score (nSPS) is 27.8. The van der Waals surface area contributed by atoms with Gasteiger partial charge in [0, 0.05) is 24.2 Å². The molecule has 1 aromatic heterocycles. The van der Waals surface area contributed by atoms with E-state index in [4.69, 9.17) is 5.73 Å². The summed E-state index contributed by atoms with van der Waals surface area (Å²) in [6.45, 7) is 0. The van der Waals surface area contributed by atoms with Crippen molar-refractivity contribution in [2.24, 2.45) is 5.73 Å². The van der Waals surface area contributed by atoms with Crippen LogP contribution in [0.25, 0.3) is 0 Å². The lowest BCUT2D eigenvalue weighted by Gasteiger charge is -2.27. The fourth-order valence-electron chi connectivity index (χ4n) is 2.16. The number of aromatic hydroxyl groups is 2. The van der Waals surface area contributed by atoms with E-state index in [0.717, 1.165) is 25.7 Å². The third-order valence-electron chi connectivity index (χ3n) is 2.98. The summed E-state index contributed by atoms with van der Waals surface area (Å²) in [4.78, 5) is 0. The monoisotopic (exact) mass is 196 g/mol. The Morgan fingerprint density at radius 1 is 1.07 bits per heavy atom. The number of hydrogen-bond donors (Lipinski definition) is 3. The number of nitrogens with zero attached hydrogens (tertiary/aromatic N) is 1. The molecular weight excluding hydrogens is 180 g/mol. The topological polar surface area (TPSA) is 71.4 Å². The molecule has 1 heterocycles. The first-order chi connectivity index (χ1) is 6.68. The maximum atomic E-state index is 9.52. The van der Waals surface area contributed by atoms with Crippen LogP contribution in [0.1, 0.15) is 31.7 Å². The quantitative estimate of drug-likeness (QED) is 0.634. The SMILES string of the molecule is NC1CCC(n2c(O)ccc2O)CC1. The Balaban J connectivity index is 2.15. The molecule has 0 bridgehead atoms. The zero-order chi connectivity index (χ0) is 10.1. The van der Waals surface area contributed by atoms with Gasteiger partial charge in [0.1, 0.15) is 0 Å². The van der Waals surface area contributed by atoms with Crippen molar-refractivity contribution in [1.82, 2.24) is 4.57 Å². The van der Waals surface area contributed by atoms with Crippen molar-refractivity contribution in [3.63, 3.8) is 0 Å². The summed E-state index contributed by atoms with van der Waals surface area (Å²) in [7, 11) is 0. The molecule has 0 unspecified atom stereocenters. The molecule has 0 spiro atoms. The molecule has 1 aliphatic rings. The molecule has 4 N–H and O–H groups in total. The van der Waals surface area contributed by atoms with Crippen LogP contribution in [0.4, 0.5) is 0 Å². The maximum absolute atomic E-state index is 9.52. The van der Waals surface area contributed by atoms with Crippen molar-refractivity contribution in [3.05, 3.63) is 12.1 Å². The van der Waals surface area contributed by atoms with Crippen molar-refractivity contribution < 1.29 is 10.2 Å². The Bertz CT molecular complexity index is 294. The Morgan fingerprint density at radius 2 is 1.57 bits per heavy atom. The van der Waals surface area contributed by atoms with E-state index >= 15 is 0 Å².